The van der Waals surface area contributed by atoms with Crippen LogP contribution in [-0.4, -0.2) is 18.3 Å². The molecule has 0 aliphatic heterocycles. The van der Waals surface area contributed by atoms with Gasteiger partial charge in [0.1, 0.15) is 0 Å². The molecule has 0 fully saturated rings. The van der Waals surface area contributed by atoms with Crippen LogP contribution < -0.4 is 5.32 Å². The van der Waals surface area contributed by atoms with Gasteiger partial charge in [0, 0.05) is 0 Å². The summed E-state index contributed by atoms with van der Waals surface area (Å²) in [5.74, 6) is 0.579. The van der Waals surface area contributed by atoms with Gasteiger partial charge in [-0.2, -0.15) is 0 Å². The molecule has 1 rings (SSSR count). The van der Waals surface area contributed by atoms with Crippen LogP contribution in [0.5, 0.6) is 0 Å². The lowest BCUT2D eigenvalue weighted by atomic mass is 9.89. The van der Waals surface area contributed by atoms with E-state index in [1.54, 1.807) is 0 Å². The third-order valence-electron chi connectivity index (χ3n) is 2.96. The summed E-state index contributed by atoms with van der Waals surface area (Å²) in [6.45, 7) is 9.50. The fourth-order valence-electron chi connectivity index (χ4n) is 1.86. The average Bonchev–Trinajstić information content (AvgIpc) is 2.26. The largest absolute Gasteiger partial charge is 0.394 e. The van der Waals surface area contributed by atoms with E-state index in [-0.39, 0.29) is 12.1 Å². The summed E-state index contributed by atoms with van der Waals surface area (Å²) < 4.78 is 0. The maximum Gasteiger partial charge on any atom is 0.0652 e. The Morgan fingerprint density at radius 1 is 1.31 bits per heavy atom. The molecule has 2 N–H and O–H groups in total. The molecule has 0 saturated carbocycles. The topological polar surface area (TPSA) is 32.3 Å². The minimum Gasteiger partial charge on any atom is -0.394 e. The summed E-state index contributed by atoms with van der Waals surface area (Å²) in [6.07, 6.45) is 0. The number of nitrogens with one attached hydrogen (secondary N) is 1. The maximum atomic E-state index is 9.61. The van der Waals surface area contributed by atoms with Crippen LogP contribution in [0.15, 0.2) is 24.3 Å². The highest BCUT2D eigenvalue weighted by Gasteiger charge is 2.26. The molecule has 0 saturated heterocycles. The molecule has 1 unspecified atom stereocenters. The summed E-state index contributed by atoms with van der Waals surface area (Å²) in [5, 5.41) is 13.1. The van der Waals surface area contributed by atoms with E-state index >= 15 is 0 Å². The second-order valence-corrected chi connectivity index (χ2v) is 5.08. The Kier molecular flexibility index (Phi) is 4.51. The third kappa shape index (κ3) is 3.06. The Balaban J connectivity index is 2.91. The van der Waals surface area contributed by atoms with Crippen LogP contribution in [0, 0.1) is 12.8 Å². The van der Waals surface area contributed by atoms with Gasteiger partial charge in [0.15, 0.2) is 0 Å². The summed E-state index contributed by atoms with van der Waals surface area (Å²) in [5.41, 5.74) is 2.06. The fourth-order valence-corrected chi connectivity index (χ4v) is 1.86. The number of aryl methyl sites for hydroxylation is 1. The molecule has 0 bridgehead atoms. The van der Waals surface area contributed by atoms with E-state index in [0.29, 0.717) is 5.92 Å². The lowest BCUT2D eigenvalue weighted by Gasteiger charge is -2.31. The first-order chi connectivity index (χ1) is 7.49. The van der Waals surface area contributed by atoms with E-state index in [1.165, 1.54) is 11.1 Å². The lowest BCUT2D eigenvalue weighted by molar-refractivity contribution is 0.170. The zero-order valence-corrected chi connectivity index (χ0v) is 10.7. The van der Waals surface area contributed by atoms with Gasteiger partial charge >= 0.3 is 0 Å². The quantitative estimate of drug-likeness (QED) is 0.800. The Morgan fingerprint density at radius 2 is 1.94 bits per heavy atom. The van der Waals surface area contributed by atoms with Crippen LogP contribution in [0.25, 0.3) is 0 Å². The molecule has 2 heteroatoms. The van der Waals surface area contributed by atoms with Crippen LogP contribution in [-0.2, 0) is 5.54 Å². The average molecular weight is 221 g/mol. The predicted molar refractivity (Wildman–Crippen MR) is 68.5 cm³/mol. The number of aliphatic hydroxyl groups is 1. The van der Waals surface area contributed by atoms with Crippen molar-refractivity contribution in [3.63, 3.8) is 0 Å². The standard InChI is InChI=1S/C14H23NO/c1-11(2)9-15-14(4,10-16)13-8-6-5-7-12(13)3/h5-8,11,15-16H,9-10H2,1-4H3. The normalized spacial score (nSPS) is 15.1. The van der Waals surface area contributed by atoms with E-state index in [2.05, 4.69) is 45.1 Å². The Morgan fingerprint density at radius 3 is 2.44 bits per heavy atom. The summed E-state index contributed by atoms with van der Waals surface area (Å²) in [7, 11) is 0. The lowest BCUT2D eigenvalue weighted by Crippen LogP contribution is -2.45. The highest BCUT2D eigenvalue weighted by molar-refractivity contribution is 5.32. The second kappa shape index (κ2) is 5.46. The molecular weight excluding hydrogens is 198 g/mol. The smallest absolute Gasteiger partial charge is 0.0652 e. The number of rotatable bonds is 5. The van der Waals surface area contributed by atoms with E-state index in [4.69, 9.17) is 0 Å². The SMILES string of the molecule is Cc1ccccc1C(C)(CO)NCC(C)C. The van der Waals surface area contributed by atoms with Gasteiger partial charge in [-0.3, -0.25) is 0 Å². The van der Waals surface area contributed by atoms with Gasteiger partial charge in [0.2, 0.25) is 0 Å². The molecule has 0 spiro atoms. The van der Waals surface area contributed by atoms with Crippen molar-refractivity contribution in [3.05, 3.63) is 35.4 Å². The van der Waals surface area contributed by atoms with Crippen LogP contribution in [0.2, 0.25) is 0 Å². The van der Waals surface area contributed by atoms with Gasteiger partial charge in [-0.1, -0.05) is 38.1 Å². The zero-order chi connectivity index (χ0) is 12.2. The minimum absolute atomic E-state index is 0.116. The molecule has 1 aromatic carbocycles. The van der Waals surface area contributed by atoms with Crippen molar-refractivity contribution >= 4 is 0 Å². The van der Waals surface area contributed by atoms with Crippen molar-refractivity contribution in [2.24, 2.45) is 5.92 Å². The summed E-state index contributed by atoms with van der Waals surface area (Å²) >= 11 is 0. The van der Waals surface area contributed by atoms with E-state index in [1.807, 2.05) is 12.1 Å². The Bertz CT molecular complexity index is 335. The number of aliphatic hydroxyl groups excluding tert-OH is 1. The van der Waals surface area contributed by atoms with Crippen molar-refractivity contribution in [3.8, 4) is 0 Å². The third-order valence-corrected chi connectivity index (χ3v) is 2.96. The number of hydrogen-bond donors (Lipinski definition) is 2. The van der Waals surface area contributed by atoms with Gasteiger partial charge in [0.05, 0.1) is 12.1 Å². The molecular formula is C14H23NO. The van der Waals surface area contributed by atoms with Crippen molar-refractivity contribution in [1.82, 2.24) is 5.32 Å². The van der Waals surface area contributed by atoms with Gasteiger partial charge in [-0.25, -0.2) is 0 Å². The maximum absolute atomic E-state index is 9.61. The van der Waals surface area contributed by atoms with E-state index in [0.717, 1.165) is 6.54 Å². The van der Waals surface area contributed by atoms with Crippen LogP contribution in [0.3, 0.4) is 0 Å². The molecule has 16 heavy (non-hydrogen) atoms. The van der Waals surface area contributed by atoms with Crippen molar-refractivity contribution in [2.45, 2.75) is 33.2 Å². The van der Waals surface area contributed by atoms with E-state index < -0.39 is 0 Å². The number of benzene rings is 1. The van der Waals surface area contributed by atoms with Crippen LogP contribution in [0.4, 0.5) is 0 Å². The van der Waals surface area contributed by atoms with Crippen molar-refractivity contribution in [2.75, 3.05) is 13.2 Å². The van der Waals surface area contributed by atoms with E-state index in [9.17, 15) is 5.11 Å². The van der Waals surface area contributed by atoms with Crippen molar-refractivity contribution < 1.29 is 5.11 Å². The second-order valence-electron chi connectivity index (χ2n) is 5.08. The summed E-state index contributed by atoms with van der Waals surface area (Å²) in [4.78, 5) is 0. The molecule has 2 nitrogen and oxygen atoms in total. The molecule has 1 atom stereocenters. The van der Waals surface area contributed by atoms with Gasteiger partial charge in [-0.15, -0.1) is 0 Å². The molecule has 0 heterocycles. The highest BCUT2D eigenvalue weighted by Crippen LogP contribution is 2.23. The Labute approximate surface area is 98.7 Å². The van der Waals surface area contributed by atoms with Gasteiger partial charge in [0.25, 0.3) is 0 Å². The predicted octanol–water partition coefficient (Wildman–Crippen LogP) is 2.45. The van der Waals surface area contributed by atoms with Gasteiger partial charge < -0.3 is 10.4 Å². The molecule has 90 valence electrons. The first kappa shape index (κ1) is 13.2. The van der Waals surface area contributed by atoms with Crippen LogP contribution in [0.1, 0.15) is 31.9 Å². The summed E-state index contributed by atoms with van der Waals surface area (Å²) in [6, 6.07) is 8.21. The Hall–Kier alpha value is -0.860. The minimum atomic E-state index is -0.338. The fraction of sp³-hybridized carbons (Fsp3) is 0.571. The first-order valence-corrected chi connectivity index (χ1v) is 5.91. The molecule has 0 aliphatic rings. The zero-order valence-electron chi connectivity index (χ0n) is 10.7. The molecule has 0 amide bonds. The van der Waals surface area contributed by atoms with Crippen molar-refractivity contribution in [1.29, 1.82) is 0 Å². The number of hydrogen-bond acceptors (Lipinski definition) is 2. The van der Waals surface area contributed by atoms with Crippen LogP contribution >= 0.6 is 0 Å². The molecule has 0 aliphatic carbocycles. The monoisotopic (exact) mass is 221 g/mol. The molecule has 0 radical (unpaired) electrons. The molecule has 1 aromatic rings. The molecule has 0 aromatic heterocycles. The highest BCUT2D eigenvalue weighted by atomic mass is 16.3. The first-order valence-electron chi connectivity index (χ1n) is 5.91. The van der Waals surface area contributed by atoms with Gasteiger partial charge in [-0.05, 0) is 37.4 Å².